The number of aromatic nitrogens is 4. The lowest BCUT2D eigenvalue weighted by Gasteiger charge is -2.13. The molecule has 0 aliphatic carbocycles. The molecular weight excluding hydrogens is 539 g/mol. The van der Waals surface area contributed by atoms with Gasteiger partial charge in [0.1, 0.15) is 7.11 Å². The lowest BCUT2D eigenvalue weighted by Crippen LogP contribution is -2.27. The Hall–Kier alpha value is -3.40. The SMILES string of the molecule is COn1c(=O)c(-c2c(Cl)cccc2Cl)cc2cnc(Nc3cc(C(=O)CCCCN4CCCC4)n(C)c3)nc21. The van der Waals surface area contributed by atoms with Gasteiger partial charge in [-0.15, -0.1) is 4.73 Å². The molecule has 3 aromatic heterocycles. The highest BCUT2D eigenvalue weighted by molar-refractivity contribution is 6.39. The van der Waals surface area contributed by atoms with Gasteiger partial charge in [0.05, 0.1) is 27.0 Å². The van der Waals surface area contributed by atoms with Crippen LogP contribution in [-0.4, -0.2) is 56.7 Å². The summed E-state index contributed by atoms with van der Waals surface area (Å²) in [5.74, 6) is 0.358. The van der Waals surface area contributed by atoms with Gasteiger partial charge in [-0.1, -0.05) is 29.3 Å². The number of rotatable bonds is 10. The molecule has 1 aromatic carbocycles. The number of nitrogens with one attached hydrogen (secondary N) is 1. The Bertz CT molecular complexity index is 1560. The fraction of sp³-hybridized carbons (Fsp3) is 0.357. The Balaban J connectivity index is 1.34. The molecular formula is C28H30Cl2N6O3. The van der Waals surface area contributed by atoms with Gasteiger partial charge in [0.25, 0.3) is 5.56 Å². The number of ketones is 1. The first-order valence-electron chi connectivity index (χ1n) is 13.0. The van der Waals surface area contributed by atoms with Crippen molar-refractivity contribution in [2.45, 2.75) is 32.1 Å². The summed E-state index contributed by atoms with van der Waals surface area (Å²) in [6.45, 7) is 3.41. The number of nitrogens with zero attached hydrogens (tertiary/aromatic N) is 5. The van der Waals surface area contributed by atoms with Crippen molar-refractivity contribution in [1.29, 1.82) is 0 Å². The van der Waals surface area contributed by atoms with Crippen molar-refractivity contribution < 1.29 is 9.63 Å². The molecule has 0 saturated carbocycles. The minimum absolute atomic E-state index is 0.102. The number of halogens is 2. The van der Waals surface area contributed by atoms with Gasteiger partial charge in [0, 0.05) is 36.8 Å². The normalized spacial score (nSPS) is 13.7. The molecule has 11 heteroatoms. The van der Waals surface area contributed by atoms with E-state index in [1.807, 2.05) is 13.2 Å². The maximum atomic E-state index is 13.3. The number of pyridine rings is 1. The summed E-state index contributed by atoms with van der Waals surface area (Å²) in [5, 5.41) is 4.40. The second-order valence-electron chi connectivity index (χ2n) is 9.69. The molecule has 0 unspecified atom stereocenters. The van der Waals surface area contributed by atoms with E-state index in [0.717, 1.165) is 24.1 Å². The zero-order valence-electron chi connectivity index (χ0n) is 21.9. The van der Waals surface area contributed by atoms with Gasteiger partial charge in [0.15, 0.2) is 11.4 Å². The minimum atomic E-state index is -0.457. The van der Waals surface area contributed by atoms with Crippen LogP contribution >= 0.6 is 23.2 Å². The summed E-state index contributed by atoms with van der Waals surface area (Å²) in [7, 11) is 3.22. The van der Waals surface area contributed by atoms with Crippen molar-refractivity contribution in [3.8, 4) is 11.1 Å². The number of hydrogen-bond donors (Lipinski definition) is 1. The van der Waals surface area contributed by atoms with Crippen molar-refractivity contribution >= 4 is 51.7 Å². The van der Waals surface area contributed by atoms with Gasteiger partial charge in [-0.3, -0.25) is 9.59 Å². The third-order valence-corrected chi connectivity index (χ3v) is 7.62. The van der Waals surface area contributed by atoms with Gasteiger partial charge in [-0.05, 0) is 69.6 Å². The van der Waals surface area contributed by atoms with Gasteiger partial charge in [0.2, 0.25) is 5.95 Å². The highest BCUT2D eigenvalue weighted by Crippen LogP contribution is 2.34. The fourth-order valence-electron chi connectivity index (χ4n) is 5.03. The van der Waals surface area contributed by atoms with Gasteiger partial charge in [-0.2, -0.15) is 4.98 Å². The Morgan fingerprint density at radius 2 is 1.87 bits per heavy atom. The molecule has 4 heterocycles. The van der Waals surface area contributed by atoms with E-state index in [2.05, 4.69) is 20.2 Å². The number of anilines is 2. The third kappa shape index (κ3) is 5.80. The number of hydrogen-bond acceptors (Lipinski definition) is 7. The van der Waals surface area contributed by atoms with Crippen molar-refractivity contribution in [2.75, 3.05) is 32.1 Å². The molecule has 1 N–H and O–H groups in total. The van der Waals surface area contributed by atoms with Crippen LogP contribution in [0, 0.1) is 0 Å². The number of unbranched alkanes of at least 4 members (excludes halogenated alkanes) is 1. The number of aryl methyl sites for hydroxylation is 1. The van der Waals surface area contributed by atoms with Crippen LogP contribution in [0.3, 0.4) is 0 Å². The molecule has 204 valence electrons. The van der Waals surface area contributed by atoms with Crippen LogP contribution in [0.1, 0.15) is 42.6 Å². The second kappa shape index (κ2) is 11.8. The second-order valence-corrected chi connectivity index (χ2v) is 10.5. The fourth-order valence-corrected chi connectivity index (χ4v) is 5.63. The Labute approximate surface area is 236 Å². The average Bonchev–Trinajstić information content (AvgIpc) is 3.56. The van der Waals surface area contributed by atoms with E-state index in [1.165, 1.54) is 33.0 Å². The molecule has 39 heavy (non-hydrogen) atoms. The summed E-state index contributed by atoms with van der Waals surface area (Å²) in [6.07, 6.45) is 8.36. The maximum Gasteiger partial charge on any atom is 0.293 e. The minimum Gasteiger partial charge on any atom is -0.412 e. The Kier molecular flexibility index (Phi) is 8.20. The van der Waals surface area contributed by atoms with E-state index >= 15 is 0 Å². The molecule has 5 rings (SSSR count). The first-order chi connectivity index (χ1) is 18.9. The predicted molar refractivity (Wildman–Crippen MR) is 154 cm³/mol. The molecule has 1 fully saturated rings. The number of Topliss-reactive ketones (excluding diaryl/α,β-unsaturated/α-hetero) is 1. The van der Waals surface area contributed by atoms with E-state index in [0.29, 0.717) is 38.8 Å². The zero-order valence-corrected chi connectivity index (χ0v) is 23.4. The maximum absolute atomic E-state index is 13.3. The van der Waals surface area contributed by atoms with Gasteiger partial charge >= 0.3 is 0 Å². The molecule has 0 bridgehead atoms. The summed E-state index contributed by atoms with van der Waals surface area (Å²) >= 11 is 12.7. The van der Waals surface area contributed by atoms with Crippen LogP contribution < -0.4 is 15.7 Å². The summed E-state index contributed by atoms with van der Waals surface area (Å²) < 4.78 is 2.89. The number of carbonyl (C=O) groups excluding carboxylic acids is 1. The van der Waals surface area contributed by atoms with Crippen LogP contribution in [0.2, 0.25) is 10.0 Å². The monoisotopic (exact) mass is 568 g/mol. The van der Waals surface area contributed by atoms with E-state index in [4.69, 9.17) is 28.0 Å². The number of fused-ring (bicyclic) bond motifs is 1. The smallest absolute Gasteiger partial charge is 0.293 e. The van der Waals surface area contributed by atoms with E-state index in [-0.39, 0.29) is 22.9 Å². The van der Waals surface area contributed by atoms with Crippen LogP contribution in [0.15, 0.2) is 47.5 Å². The number of likely N-dealkylation sites (tertiary alicyclic amines) is 1. The summed E-state index contributed by atoms with van der Waals surface area (Å²) in [6, 6.07) is 8.49. The van der Waals surface area contributed by atoms with Crippen LogP contribution in [0.4, 0.5) is 11.6 Å². The zero-order chi connectivity index (χ0) is 27.5. The van der Waals surface area contributed by atoms with Crippen LogP contribution in [0.5, 0.6) is 0 Å². The highest BCUT2D eigenvalue weighted by atomic mass is 35.5. The average molecular weight is 569 g/mol. The highest BCUT2D eigenvalue weighted by Gasteiger charge is 2.19. The lowest BCUT2D eigenvalue weighted by molar-refractivity contribution is 0.0970. The quantitative estimate of drug-likeness (QED) is 0.203. The molecule has 0 amide bonds. The van der Waals surface area contributed by atoms with Crippen molar-refractivity contribution in [3.63, 3.8) is 0 Å². The first kappa shape index (κ1) is 27.2. The molecule has 0 spiro atoms. The van der Waals surface area contributed by atoms with Crippen molar-refractivity contribution in [2.24, 2.45) is 7.05 Å². The molecule has 1 saturated heterocycles. The van der Waals surface area contributed by atoms with Gasteiger partial charge in [-0.25, -0.2) is 4.98 Å². The summed E-state index contributed by atoms with van der Waals surface area (Å²) in [4.78, 5) is 42.9. The van der Waals surface area contributed by atoms with Crippen LogP contribution in [0.25, 0.3) is 22.2 Å². The number of benzene rings is 1. The molecule has 0 radical (unpaired) electrons. The predicted octanol–water partition coefficient (Wildman–Crippen LogP) is 5.35. The van der Waals surface area contributed by atoms with E-state index in [9.17, 15) is 9.59 Å². The molecule has 0 atom stereocenters. The molecule has 9 nitrogen and oxygen atoms in total. The summed E-state index contributed by atoms with van der Waals surface area (Å²) in [5.41, 5.74) is 1.80. The topological polar surface area (TPSA) is 94.3 Å². The largest absolute Gasteiger partial charge is 0.412 e. The molecule has 1 aliphatic rings. The number of carbonyl (C=O) groups is 1. The standard InChI is InChI=1S/C28H30Cl2N6O3/c1-34-17-19(15-23(34)24(37)10-3-4-11-35-12-5-6-13-35)32-28-31-16-18-14-20(25-21(29)8-7-9-22(25)30)27(38)36(39-2)26(18)33-28/h7-9,14-17H,3-6,10-13H2,1-2H3,(H,31,32,33). The van der Waals surface area contributed by atoms with E-state index < -0.39 is 5.56 Å². The van der Waals surface area contributed by atoms with Crippen molar-refractivity contribution in [3.05, 3.63) is 68.8 Å². The van der Waals surface area contributed by atoms with Crippen LogP contribution in [-0.2, 0) is 7.05 Å². The van der Waals surface area contributed by atoms with Gasteiger partial charge < -0.3 is 19.6 Å². The van der Waals surface area contributed by atoms with Crippen molar-refractivity contribution in [1.82, 2.24) is 24.2 Å². The first-order valence-corrected chi connectivity index (χ1v) is 13.7. The van der Waals surface area contributed by atoms with E-state index in [1.54, 1.807) is 41.1 Å². The Morgan fingerprint density at radius 3 is 2.59 bits per heavy atom. The Morgan fingerprint density at radius 1 is 1.13 bits per heavy atom. The molecule has 4 aromatic rings. The third-order valence-electron chi connectivity index (χ3n) is 6.99. The molecule has 1 aliphatic heterocycles. The lowest BCUT2D eigenvalue weighted by atomic mass is 10.1.